The van der Waals surface area contributed by atoms with Crippen LogP contribution in [0, 0.1) is 29.6 Å². The van der Waals surface area contributed by atoms with E-state index >= 15 is 0 Å². The molecule has 0 aliphatic rings. The summed E-state index contributed by atoms with van der Waals surface area (Å²) in [4.78, 5) is 0. The quantitative estimate of drug-likeness (QED) is 0.401. The molecule has 0 saturated carbocycles. The van der Waals surface area contributed by atoms with Gasteiger partial charge in [-0.25, -0.2) is 0 Å². The van der Waals surface area contributed by atoms with Gasteiger partial charge < -0.3 is 52.9 Å². The van der Waals surface area contributed by atoms with Crippen LogP contribution in [0.2, 0.25) is 0 Å². The molecule has 0 heterocycles. The minimum atomic E-state index is 0. The van der Waals surface area contributed by atoms with E-state index in [1.807, 2.05) is 69.2 Å². The van der Waals surface area contributed by atoms with E-state index in [-0.39, 0.29) is 116 Å². The minimum absolute atomic E-state index is 0. The monoisotopic (exact) mass is 598 g/mol. The maximum Gasteiger partial charge on any atom is 5.00 e. The van der Waals surface area contributed by atoms with E-state index in [0.29, 0.717) is 29.6 Å². The van der Waals surface area contributed by atoms with Crippen molar-refractivity contribution in [1.29, 1.82) is 0 Å². The van der Waals surface area contributed by atoms with Crippen LogP contribution in [0.4, 0.5) is 0 Å². The van der Waals surface area contributed by atoms with Crippen molar-refractivity contribution in [3.63, 3.8) is 0 Å². The summed E-state index contributed by atoms with van der Waals surface area (Å²) in [6, 6.07) is 0. The maximum atomic E-state index is 9.63. The Morgan fingerprint density at radius 1 is 0.303 bits per heavy atom. The van der Waals surface area contributed by atoms with E-state index in [4.69, 9.17) is 0 Å². The molecule has 0 rings (SSSR count). The molecule has 0 aliphatic heterocycles. The molecule has 13 heteroatoms. The first-order valence-electron chi connectivity index (χ1n) is 9.26. The Morgan fingerprint density at radius 3 is 0.333 bits per heavy atom. The van der Waals surface area contributed by atoms with Gasteiger partial charge in [0.05, 0.1) is 0 Å². The van der Waals surface area contributed by atoms with Gasteiger partial charge >= 0.3 is 55.7 Å². The minimum Gasteiger partial charge on any atom is -2.00 e. The van der Waals surface area contributed by atoms with E-state index in [9.17, 15) is 25.5 Å². The van der Waals surface area contributed by atoms with Crippen LogP contribution in [0.25, 0.3) is 0 Å². The zero-order valence-corrected chi connectivity index (χ0v) is 26.0. The Bertz CT molecular complexity index is 158. The Labute approximate surface area is 239 Å². The second kappa shape index (κ2) is 76.6. The fourth-order valence-corrected chi connectivity index (χ4v) is 0. The van der Waals surface area contributed by atoms with Gasteiger partial charge in [-0.1, -0.05) is 98.8 Å². The van der Waals surface area contributed by atoms with Gasteiger partial charge in [0.2, 0.25) is 0 Å². The first-order valence-corrected chi connectivity index (χ1v) is 9.26. The van der Waals surface area contributed by atoms with Crippen LogP contribution >= 0.6 is 0 Å². The van der Waals surface area contributed by atoms with Crippen molar-refractivity contribution in [3.05, 3.63) is 0 Å². The molecule has 0 atom stereocenters. The van der Waals surface area contributed by atoms with Gasteiger partial charge in [0.1, 0.15) is 0 Å². The van der Waals surface area contributed by atoms with E-state index in [1.54, 1.807) is 0 Å². The largest absolute Gasteiger partial charge is 5.00 e. The Hall–Kier alpha value is 1.35. The van der Waals surface area contributed by atoms with Crippen molar-refractivity contribution in [2.45, 2.75) is 69.2 Å². The fourth-order valence-electron chi connectivity index (χ4n) is 0. The molecule has 0 aromatic heterocycles. The average molecular weight is 598 g/mol. The zero-order chi connectivity index (χ0) is 21.4. The van der Waals surface area contributed by atoms with Crippen LogP contribution in [0.1, 0.15) is 69.2 Å². The van der Waals surface area contributed by atoms with Crippen molar-refractivity contribution in [2.24, 2.45) is 29.6 Å². The molecule has 0 amide bonds. The Morgan fingerprint density at radius 2 is 0.333 bits per heavy atom. The molecule has 10 nitrogen and oxygen atoms in total. The predicted octanol–water partition coefficient (Wildman–Crippen LogP) is -0.588. The van der Waals surface area contributed by atoms with E-state index in [1.165, 1.54) is 0 Å². The van der Waals surface area contributed by atoms with E-state index in [2.05, 4.69) is 0 Å². The summed E-state index contributed by atoms with van der Waals surface area (Å²) in [6.07, 6.45) is 0. The van der Waals surface area contributed by atoms with Crippen LogP contribution in [-0.2, 0) is 83.0 Å². The molecular weight excluding hydrogens is 553 g/mol. The zero-order valence-electron chi connectivity index (χ0n) is 21.8. The summed E-state index contributed by atoms with van der Waals surface area (Å²) < 4.78 is 0. The molecule has 200 valence electrons. The Kier molecular flexibility index (Phi) is 194. The van der Waals surface area contributed by atoms with Gasteiger partial charge in [-0.2, -0.15) is 0 Å². The molecule has 0 unspecified atom stereocenters. The summed E-state index contributed by atoms with van der Waals surface area (Å²) in [7, 11) is 0. The predicted molar refractivity (Wildman–Crippen MR) is 102 cm³/mol. The number of hydrogen-bond donors (Lipinski definition) is 0. The van der Waals surface area contributed by atoms with Crippen LogP contribution < -0.4 is 25.5 Å². The summed E-state index contributed by atoms with van der Waals surface area (Å²) in [5.74, 6) is 1.64. The SMILES string of the molecule is CC(C)C[O-].CC(C)C[O-].CC(C)C[O-].CC(C)C[O-].CC(C)C[O-].[O-2].[O-2].[O-2].[O-2].[O-2].[V+5].[V+5].[V+5]. The maximum absolute atomic E-state index is 9.63. The van der Waals surface area contributed by atoms with Gasteiger partial charge in [-0.15, -0.1) is 33.0 Å². The van der Waals surface area contributed by atoms with Crippen molar-refractivity contribution in [1.82, 2.24) is 0 Å². The molecule has 0 aromatic carbocycles. The third-order valence-electron chi connectivity index (χ3n) is 1.67. The van der Waals surface area contributed by atoms with E-state index < -0.39 is 0 Å². The molecule has 0 radical (unpaired) electrons. The summed E-state index contributed by atoms with van der Waals surface area (Å²) in [5, 5.41) is 48.1. The van der Waals surface area contributed by atoms with Crippen LogP contribution in [0.15, 0.2) is 0 Å². The molecule has 0 aromatic rings. The van der Waals surface area contributed by atoms with Gasteiger partial charge in [-0.05, 0) is 0 Å². The topological polar surface area (TPSA) is 258 Å². The molecule has 0 bridgehead atoms. The number of hydrogen-bond acceptors (Lipinski definition) is 5. The third-order valence-corrected chi connectivity index (χ3v) is 1.67. The summed E-state index contributed by atoms with van der Waals surface area (Å²) >= 11 is 0. The second-order valence-electron chi connectivity index (χ2n) is 7.80. The van der Waals surface area contributed by atoms with Crippen molar-refractivity contribution in [2.75, 3.05) is 33.0 Å². The van der Waals surface area contributed by atoms with Crippen molar-refractivity contribution < 1.29 is 109 Å². The Balaban J connectivity index is -0.0000000130. The molecular formula is C20H45O10V3. The van der Waals surface area contributed by atoms with Gasteiger partial charge in [0, 0.05) is 0 Å². The first kappa shape index (κ1) is 83.8. The summed E-state index contributed by atoms with van der Waals surface area (Å²) in [5.41, 5.74) is 0. The normalized spacial score (nSPS) is 7.27. The fraction of sp³-hybridized carbons (Fsp3) is 1.00. The smallest absolute Gasteiger partial charge is 2.00 e. The molecule has 0 aliphatic carbocycles. The molecule has 0 spiro atoms. The molecule has 0 fully saturated rings. The van der Waals surface area contributed by atoms with Crippen LogP contribution in [0.5, 0.6) is 0 Å². The third kappa shape index (κ3) is 254. The first-order chi connectivity index (χ1) is 11.4. The molecule has 0 N–H and O–H groups in total. The summed E-state index contributed by atoms with van der Waals surface area (Å²) in [6.45, 7) is 19.4. The standard InChI is InChI=1S/5C4H9O.5O.3V/c5*1-4(2)3-5;;;;;;;;/h5*4H,3H2,1-2H3;;;;;;;;/q5*-1;5*-2;3*+5. The van der Waals surface area contributed by atoms with E-state index in [0.717, 1.165) is 0 Å². The number of rotatable bonds is 5. The van der Waals surface area contributed by atoms with Crippen LogP contribution in [0.3, 0.4) is 0 Å². The second-order valence-corrected chi connectivity index (χ2v) is 7.80. The van der Waals surface area contributed by atoms with Crippen molar-refractivity contribution in [3.8, 4) is 0 Å². The molecule has 33 heavy (non-hydrogen) atoms. The van der Waals surface area contributed by atoms with Gasteiger partial charge in [0.25, 0.3) is 0 Å². The van der Waals surface area contributed by atoms with Gasteiger partial charge in [0.15, 0.2) is 0 Å². The average Bonchev–Trinajstić information content (AvgIpc) is 2.56. The van der Waals surface area contributed by atoms with Crippen molar-refractivity contribution >= 4 is 0 Å². The van der Waals surface area contributed by atoms with Crippen LogP contribution in [-0.4, -0.2) is 33.0 Å². The molecule has 0 saturated heterocycles. The van der Waals surface area contributed by atoms with Gasteiger partial charge in [-0.3, -0.25) is 0 Å².